The Hall–Kier alpha value is -1.52. The molecule has 0 bridgehead atoms. The van der Waals surface area contributed by atoms with Gasteiger partial charge >= 0.3 is 0 Å². The molecule has 0 aliphatic rings. The minimum atomic E-state index is -3.43. The van der Waals surface area contributed by atoms with Gasteiger partial charge in [0.1, 0.15) is 0 Å². The first-order valence-electron chi connectivity index (χ1n) is 5.76. The van der Waals surface area contributed by atoms with Crippen LogP contribution in [0.15, 0.2) is 48.5 Å². The molecule has 5 heteroatoms. The second kappa shape index (κ2) is 5.63. The van der Waals surface area contributed by atoms with E-state index in [4.69, 9.17) is 11.6 Å². The average Bonchev–Trinajstić information content (AvgIpc) is 2.27. The Kier molecular flexibility index (Phi) is 4.12. The molecule has 0 atom stereocenters. The van der Waals surface area contributed by atoms with Crippen molar-refractivity contribution in [2.24, 2.45) is 0 Å². The molecule has 2 aromatic rings. The van der Waals surface area contributed by atoms with Gasteiger partial charge in [0, 0.05) is 10.7 Å². The SMILES string of the molecule is Cc1cccc(CS(=O)(=O)Nc2cccc(Cl)c2)c1. The Morgan fingerprint density at radius 3 is 2.53 bits per heavy atom. The van der Waals surface area contributed by atoms with Crippen molar-refractivity contribution < 1.29 is 8.42 Å². The molecule has 0 saturated heterocycles. The minimum absolute atomic E-state index is 0.0544. The smallest absolute Gasteiger partial charge is 0.236 e. The lowest BCUT2D eigenvalue weighted by atomic mass is 10.2. The number of anilines is 1. The van der Waals surface area contributed by atoms with E-state index in [0.717, 1.165) is 11.1 Å². The van der Waals surface area contributed by atoms with Gasteiger partial charge in [0.2, 0.25) is 10.0 Å². The molecule has 0 saturated carbocycles. The number of aryl methyl sites for hydroxylation is 1. The summed E-state index contributed by atoms with van der Waals surface area (Å²) in [6.45, 7) is 1.93. The van der Waals surface area contributed by atoms with Crippen LogP contribution in [-0.2, 0) is 15.8 Å². The van der Waals surface area contributed by atoms with Gasteiger partial charge in [0.05, 0.1) is 5.75 Å². The van der Waals surface area contributed by atoms with Crippen molar-refractivity contribution >= 4 is 27.3 Å². The van der Waals surface area contributed by atoms with Gasteiger partial charge in [0.15, 0.2) is 0 Å². The van der Waals surface area contributed by atoms with Gasteiger partial charge in [-0.1, -0.05) is 47.5 Å². The van der Waals surface area contributed by atoms with Gasteiger partial charge in [0.25, 0.3) is 0 Å². The van der Waals surface area contributed by atoms with E-state index in [1.807, 2.05) is 25.1 Å². The fourth-order valence-electron chi connectivity index (χ4n) is 1.79. The molecular weight excluding hydrogens is 282 g/mol. The number of hydrogen-bond acceptors (Lipinski definition) is 2. The molecular formula is C14H14ClNO2S. The first-order valence-corrected chi connectivity index (χ1v) is 7.79. The fraction of sp³-hybridized carbons (Fsp3) is 0.143. The van der Waals surface area contributed by atoms with Crippen molar-refractivity contribution in [2.75, 3.05) is 4.72 Å². The number of hydrogen-bond donors (Lipinski definition) is 1. The third kappa shape index (κ3) is 4.26. The molecule has 0 aromatic heterocycles. The molecule has 2 rings (SSSR count). The zero-order valence-corrected chi connectivity index (χ0v) is 12.0. The van der Waals surface area contributed by atoms with E-state index in [2.05, 4.69) is 4.72 Å². The van der Waals surface area contributed by atoms with E-state index in [9.17, 15) is 8.42 Å². The molecule has 0 amide bonds. The van der Waals surface area contributed by atoms with E-state index in [1.165, 1.54) is 0 Å². The van der Waals surface area contributed by atoms with E-state index >= 15 is 0 Å². The van der Waals surface area contributed by atoms with Crippen LogP contribution in [0.2, 0.25) is 5.02 Å². The van der Waals surface area contributed by atoms with Crippen molar-refractivity contribution in [3.63, 3.8) is 0 Å². The number of rotatable bonds is 4. The Labute approximate surface area is 118 Å². The molecule has 0 aliphatic carbocycles. The van der Waals surface area contributed by atoms with Crippen molar-refractivity contribution in [2.45, 2.75) is 12.7 Å². The van der Waals surface area contributed by atoms with E-state index in [1.54, 1.807) is 30.3 Å². The summed E-state index contributed by atoms with van der Waals surface area (Å²) in [4.78, 5) is 0. The molecule has 1 N–H and O–H groups in total. The Bertz CT molecular complexity index is 630. The highest BCUT2D eigenvalue weighted by Gasteiger charge is 2.11. The van der Waals surface area contributed by atoms with E-state index in [0.29, 0.717) is 10.7 Å². The van der Waals surface area contributed by atoms with Crippen LogP contribution in [0.3, 0.4) is 0 Å². The van der Waals surface area contributed by atoms with Crippen LogP contribution in [-0.4, -0.2) is 8.42 Å². The van der Waals surface area contributed by atoms with Crippen molar-refractivity contribution in [3.8, 4) is 0 Å². The summed E-state index contributed by atoms with van der Waals surface area (Å²) in [5.41, 5.74) is 2.27. The van der Waals surface area contributed by atoms with Gasteiger partial charge in [-0.15, -0.1) is 0 Å². The summed E-state index contributed by atoms with van der Waals surface area (Å²) in [5, 5.41) is 0.496. The Morgan fingerprint density at radius 1 is 1.11 bits per heavy atom. The van der Waals surface area contributed by atoms with Crippen molar-refractivity contribution in [3.05, 3.63) is 64.7 Å². The number of benzene rings is 2. The highest BCUT2D eigenvalue weighted by atomic mass is 35.5. The molecule has 0 heterocycles. The lowest BCUT2D eigenvalue weighted by Gasteiger charge is -2.08. The molecule has 0 fully saturated rings. The minimum Gasteiger partial charge on any atom is -0.283 e. The molecule has 0 radical (unpaired) electrons. The first kappa shape index (κ1) is 13.9. The summed E-state index contributed by atoms with van der Waals surface area (Å²) >= 11 is 5.82. The quantitative estimate of drug-likeness (QED) is 0.937. The highest BCUT2D eigenvalue weighted by molar-refractivity contribution is 7.91. The van der Waals surface area contributed by atoms with Gasteiger partial charge in [-0.2, -0.15) is 0 Å². The van der Waals surface area contributed by atoms with Gasteiger partial charge in [-0.25, -0.2) is 8.42 Å². The maximum atomic E-state index is 12.0. The normalized spacial score (nSPS) is 11.3. The summed E-state index contributed by atoms with van der Waals surface area (Å²) in [6, 6.07) is 14.1. The van der Waals surface area contributed by atoms with Crippen LogP contribution in [0, 0.1) is 6.92 Å². The van der Waals surface area contributed by atoms with E-state index < -0.39 is 10.0 Å². The van der Waals surface area contributed by atoms with Crippen LogP contribution >= 0.6 is 11.6 Å². The number of sulfonamides is 1. The molecule has 100 valence electrons. The second-order valence-electron chi connectivity index (χ2n) is 4.36. The van der Waals surface area contributed by atoms with Crippen LogP contribution in [0.25, 0.3) is 0 Å². The standard InChI is InChI=1S/C14H14ClNO2S/c1-11-4-2-5-12(8-11)10-19(17,18)16-14-7-3-6-13(15)9-14/h2-9,16H,10H2,1H3. The largest absolute Gasteiger partial charge is 0.283 e. The fourth-order valence-corrected chi connectivity index (χ4v) is 3.16. The summed E-state index contributed by atoms with van der Waals surface area (Å²) in [6.07, 6.45) is 0. The predicted octanol–water partition coefficient (Wildman–Crippen LogP) is 3.59. The Balaban J connectivity index is 2.15. The molecule has 19 heavy (non-hydrogen) atoms. The predicted molar refractivity (Wildman–Crippen MR) is 78.9 cm³/mol. The lowest BCUT2D eigenvalue weighted by molar-refractivity contribution is 0.600. The van der Waals surface area contributed by atoms with Crippen molar-refractivity contribution in [1.29, 1.82) is 0 Å². The maximum absolute atomic E-state index is 12.0. The molecule has 3 nitrogen and oxygen atoms in total. The third-order valence-electron chi connectivity index (χ3n) is 2.54. The summed E-state index contributed by atoms with van der Waals surface area (Å²) in [5.74, 6) is -0.0544. The highest BCUT2D eigenvalue weighted by Crippen LogP contribution is 2.17. The van der Waals surface area contributed by atoms with Crippen molar-refractivity contribution in [1.82, 2.24) is 0 Å². The molecule has 0 unspecified atom stereocenters. The topological polar surface area (TPSA) is 46.2 Å². The van der Waals surface area contributed by atoms with Gasteiger partial charge < -0.3 is 0 Å². The monoisotopic (exact) mass is 295 g/mol. The zero-order valence-electron chi connectivity index (χ0n) is 10.4. The average molecular weight is 296 g/mol. The summed E-state index contributed by atoms with van der Waals surface area (Å²) in [7, 11) is -3.43. The van der Waals surface area contributed by atoms with Gasteiger partial charge in [-0.3, -0.25) is 4.72 Å². The second-order valence-corrected chi connectivity index (χ2v) is 6.52. The lowest BCUT2D eigenvalue weighted by Crippen LogP contribution is -2.15. The zero-order chi connectivity index (χ0) is 13.9. The molecule has 0 aliphatic heterocycles. The van der Waals surface area contributed by atoms with Gasteiger partial charge in [-0.05, 0) is 30.7 Å². The van der Waals surface area contributed by atoms with Crippen LogP contribution in [0.4, 0.5) is 5.69 Å². The molecule has 0 spiro atoms. The summed E-state index contributed by atoms with van der Waals surface area (Å²) < 4.78 is 26.6. The first-order chi connectivity index (χ1) is 8.94. The molecule has 2 aromatic carbocycles. The van der Waals surface area contributed by atoms with Crippen LogP contribution in [0.1, 0.15) is 11.1 Å². The van der Waals surface area contributed by atoms with E-state index in [-0.39, 0.29) is 5.75 Å². The number of nitrogens with one attached hydrogen (secondary N) is 1. The maximum Gasteiger partial charge on any atom is 0.236 e. The van der Waals surface area contributed by atoms with Crippen LogP contribution in [0.5, 0.6) is 0 Å². The number of halogens is 1. The van der Waals surface area contributed by atoms with Crippen LogP contribution < -0.4 is 4.72 Å². The Morgan fingerprint density at radius 2 is 1.84 bits per heavy atom. The third-order valence-corrected chi connectivity index (χ3v) is 4.03.